The van der Waals surface area contributed by atoms with Crippen molar-refractivity contribution in [2.24, 2.45) is 4.99 Å². The smallest absolute Gasteiger partial charge is 0.266 e. The van der Waals surface area contributed by atoms with Crippen LogP contribution in [0.3, 0.4) is 0 Å². The van der Waals surface area contributed by atoms with Crippen LogP contribution in [0.5, 0.6) is 0 Å². The summed E-state index contributed by atoms with van der Waals surface area (Å²) in [5, 5.41) is 11.4. The van der Waals surface area contributed by atoms with Crippen LogP contribution < -0.4 is 4.90 Å². The van der Waals surface area contributed by atoms with E-state index in [4.69, 9.17) is 11.6 Å². The van der Waals surface area contributed by atoms with Crippen molar-refractivity contribution in [1.82, 2.24) is 0 Å². The van der Waals surface area contributed by atoms with E-state index in [9.17, 15) is 14.9 Å². The Labute approximate surface area is 177 Å². The van der Waals surface area contributed by atoms with Gasteiger partial charge < -0.3 is 0 Å². The first kappa shape index (κ1) is 19.5. The van der Waals surface area contributed by atoms with Gasteiger partial charge >= 0.3 is 0 Å². The zero-order valence-corrected chi connectivity index (χ0v) is 16.7. The fourth-order valence-electron chi connectivity index (χ4n) is 3.09. The number of carbonyl (C=O) groups excluding carboxylic acids is 1. The van der Waals surface area contributed by atoms with Gasteiger partial charge in [-0.1, -0.05) is 29.3 Å². The van der Waals surface area contributed by atoms with Crippen molar-refractivity contribution in [2.75, 3.05) is 4.90 Å². The number of halogens is 1. The number of nitro benzene ring substituents is 1. The summed E-state index contributed by atoms with van der Waals surface area (Å²) >= 11 is 6.01. The molecule has 1 aliphatic rings. The van der Waals surface area contributed by atoms with E-state index < -0.39 is 4.92 Å². The van der Waals surface area contributed by atoms with Gasteiger partial charge in [0, 0.05) is 22.7 Å². The molecule has 148 valence electrons. The number of benzene rings is 3. The molecule has 0 spiro atoms. The standard InChI is InChI=1S/C23H16ClN3O3/c1-15-2-10-19(11-3-15)26-22(17-6-8-18(24)9-7-17)25-21(23(26)28)14-16-4-12-20(13-5-16)27(29)30/h2-14H,1H3/b21-14+. The number of carbonyl (C=O) groups is 1. The van der Waals surface area contributed by atoms with Crippen molar-refractivity contribution < 1.29 is 9.72 Å². The second-order valence-corrected chi connectivity index (χ2v) is 7.23. The number of aliphatic imine (C=N–C) groups is 1. The van der Waals surface area contributed by atoms with E-state index in [0.29, 0.717) is 22.1 Å². The molecule has 0 aliphatic carbocycles. The molecule has 0 aromatic heterocycles. The van der Waals surface area contributed by atoms with Crippen LogP contribution in [0.15, 0.2) is 83.5 Å². The number of non-ortho nitro benzene ring substituents is 1. The van der Waals surface area contributed by atoms with E-state index in [1.807, 2.05) is 43.3 Å². The third kappa shape index (κ3) is 3.86. The average molecular weight is 418 g/mol. The Kier molecular flexibility index (Phi) is 5.16. The van der Waals surface area contributed by atoms with Gasteiger partial charge in [0.2, 0.25) is 0 Å². The Morgan fingerprint density at radius 3 is 2.20 bits per heavy atom. The van der Waals surface area contributed by atoms with Gasteiger partial charge in [-0.15, -0.1) is 0 Å². The Bertz CT molecular complexity index is 1180. The van der Waals surface area contributed by atoms with Gasteiger partial charge in [-0.2, -0.15) is 0 Å². The third-order valence-electron chi connectivity index (χ3n) is 4.66. The summed E-state index contributed by atoms with van der Waals surface area (Å²) in [5.74, 6) is 0.218. The summed E-state index contributed by atoms with van der Waals surface area (Å²) < 4.78 is 0. The molecule has 7 heteroatoms. The summed E-state index contributed by atoms with van der Waals surface area (Å²) in [4.78, 5) is 29.8. The summed E-state index contributed by atoms with van der Waals surface area (Å²) in [6.07, 6.45) is 1.62. The fourth-order valence-corrected chi connectivity index (χ4v) is 3.22. The lowest BCUT2D eigenvalue weighted by Crippen LogP contribution is -2.32. The van der Waals surface area contributed by atoms with E-state index in [1.54, 1.807) is 35.2 Å². The van der Waals surface area contributed by atoms with Crippen LogP contribution in [0.1, 0.15) is 16.7 Å². The summed E-state index contributed by atoms with van der Waals surface area (Å²) in [6, 6.07) is 20.7. The Balaban J connectivity index is 1.78. The minimum atomic E-state index is -0.465. The van der Waals surface area contributed by atoms with Gasteiger partial charge in [-0.3, -0.25) is 19.8 Å². The SMILES string of the molecule is Cc1ccc(N2C(=O)/C(=C\c3ccc([N+](=O)[O-])cc3)N=C2c2ccc(Cl)cc2)cc1. The molecule has 0 radical (unpaired) electrons. The molecule has 3 aromatic rings. The van der Waals surface area contributed by atoms with E-state index in [-0.39, 0.29) is 17.3 Å². The number of rotatable bonds is 4. The Morgan fingerprint density at radius 1 is 0.967 bits per heavy atom. The van der Waals surface area contributed by atoms with E-state index >= 15 is 0 Å². The van der Waals surface area contributed by atoms with Gasteiger partial charge in [0.25, 0.3) is 11.6 Å². The molecule has 1 aliphatic heterocycles. The molecule has 1 heterocycles. The number of amides is 1. The molecule has 4 rings (SSSR count). The highest BCUT2D eigenvalue weighted by molar-refractivity contribution is 6.34. The predicted molar refractivity (Wildman–Crippen MR) is 118 cm³/mol. The summed E-state index contributed by atoms with van der Waals surface area (Å²) in [5.41, 5.74) is 3.41. The highest BCUT2D eigenvalue weighted by Crippen LogP contribution is 2.29. The largest absolute Gasteiger partial charge is 0.282 e. The quantitative estimate of drug-likeness (QED) is 0.324. The van der Waals surface area contributed by atoms with Gasteiger partial charge in [0.05, 0.1) is 10.6 Å². The molecule has 0 unspecified atom stereocenters. The van der Waals surface area contributed by atoms with Crippen LogP contribution >= 0.6 is 11.6 Å². The van der Waals surface area contributed by atoms with Crippen molar-refractivity contribution >= 4 is 40.8 Å². The zero-order valence-electron chi connectivity index (χ0n) is 15.9. The van der Waals surface area contributed by atoms with Crippen molar-refractivity contribution in [3.05, 3.63) is 110 Å². The zero-order chi connectivity index (χ0) is 21.3. The van der Waals surface area contributed by atoms with Crippen molar-refractivity contribution in [1.29, 1.82) is 0 Å². The summed E-state index contributed by atoms with van der Waals surface area (Å²) in [6.45, 7) is 1.98. The van der Waals surface area contributed by atoms with Gasteiger partial charge in [0.15, 0.2) is 0 Å². The second-order valence-electron chi connectivity index (χ2n) is 6.80. The van der Waals surface area contributed by atoms with Crippen molar-refractivity contribution in [3.63, 3.8) is 0 Å². The highest BCUT2D eigenvalue weighted by atomic mass is 35.5. The average Bonchev–Trinajstić information content (AvgIpc) is 3.06. The predicted octanol–water partition coefficient (Wildman–Crippen LogP) is 5.39. The Hall–Kier alpha value is -3.77. The first-order valence-electron chi connectivity index (χ1n) is 9.14. The van der Waals surface area contributed by atoms with Crippen LogP contribution in [0.2, 0.25) is 5.02 Å². The number of hydrogen-bond acceptors (Lipinski definition) is 4. The maximum atomic E-state index is 13.2. The molecular formula is C23H16ClN3O3. The van der Waals surface area contributed by atoms with E-state index in [0.717, 1.165) is 11.1 Å². The Morgan fingerprint density at radius 2 is 1.60 bits per heavy atom. The highest BCUT2D eigenvalue weighted by Gasteiger charge is 2.32. The van der Waals surface area contributed by atoms with Gasteiger partial charge in [-0.25, -0.2) is 4.99 Å². The number of aryl methyl sites for hydroxylation is 1. The molecular weight excluding hydrogens is 402 g/mol. The minimum Gasteiger partial charge on any atom is -0.266 e. The monoisotopic (exact) mass is 417 g/mol. The topological polar surface area (TPSA) is 75.8 Å². The summed E-state index contributed by atoms with van der Waals surface area (Å²) in [7, 11) is 0. The molecule has 0 fully saturated rings. The molecule has 0 bridgehead atoms. The number of anilines is 1. The first-order chi connectivity index (χ1) is 14.4. The van der Waals surface area contributed by atoms with Crippen LogP contribution in [0.4, 0.5) is 11.4 Å². The van der Waals surface area contributed by atoms with Crippen molar-refractivity contribution in [2.45, 2.75) is 6.92 Å². The molecule has 1 amide bonds. The molecule has 0 atom stereocenters. The van der Waals surface area contributed by atoms with Crippen LogP contribution in [-0.2, 0) is 4.79 Å². The maximum absolute atomic E-state index is 13.2. The van der Waals surface area contributed by atoms with E-state index in [1.165, 1.54) is 12.1 Å². The van der Waals surface area contributed by atoms with Crippen LogP contribution in [0.25, 0.3) is 6.08 Å². The molecule has 30 heavy (non-hydrogen) atoms. The molecule has 0 saturated carbocycles. The van der Waals surface area contributed by atoms with Crippen LogP contribution in [-0.4, -0.2) is 16.7 Å². The molecule has 0 saturated heterocycles. The third-order valence-corrected chi connectivity index (χ3v) is 4.91. The minimum absolute atomic E-state index is 0.0125. The number of nitro groups is 1. The lowest BCUT2D eigenvalue weighted by atomic mass is 10.1. The van der Waals surface area contributed by atoms with E-state index in [2.05, 4.69) is 4.99 Å². The normalized spacial score (nSPS) is 14.9. The first-order valence-corrected chi connectivity index (χ1v) is 9.52. The molecule has 6 nitrogen and oxygen atoms in total. The number of hydrogen-bond donors (Lipinski definition) is 0. The van der Waals surface area contributed by atoms with Crippen LogP contribution in [0, 0.1) is 17.0 Å². The lowest BCUT2D eigenvalue weighted by Gasteiger charge is -2.18. The maximum Gasteiger partial charge on any atom is 0.282 e. The molecule has 3 aromatic carbocycles. The van der Waals surface area contributed by atoms with Crippen molar-refractivity contribution in [3.8, 4) is 0 Å². The lowest BCUT2D eigenvalue weighted by molar-refractivity contribution is -0.384. The molecule has 0 N–H and O–H groups in total. The second kappa shape index (κ2) is 7.93. The number of amidine groups is 1. The van der Waals surface area contributed by atoms with Gasteiger partial charge in [0.1, 0.15) is 11.5 Å². The fraction of sp³-hybridized carbons (Fsp3) is 0.0435. The van der Waals surface area contributed by atoms with Gasteiger partial charge in [-0.05, 0) is 67.1 Å². The number of nitrogens with zero attached hydrogens (tertiary/aromatic N) is 3.